The first-order valence-corrected chi connectivity index (χ1v) is 10.1. The molecule has 132 valence electrons. The van der Waals surface area contributed by atoms with Crippen LogP contribution in [0.1, 0.15) is 39.9 Å². The van der Waals surface area contributed by atoms with Gasteiger partial charge >= 0.3 is 0 Å². The van der Waals surface area contributed by atoms with Crippen LogP contribution in [0.3, 0.4) is 0 Å². The summed E-state index contributed by atoms with van der Waals surface area (Å²) in [6, 6.07) is 14.2. The first-order chi connectivity index (χ1) is 11.9. The van der Waals surface area contributed by atoms with Gasteiger partial charge in [0.15, 0.2) is 5.78 Å². The molecule has 1 fully saturated rings. The zero-order chi connectivity index (χ0) is 18.0. The fourth-order valence-corrected chi connectivity index (χ4v) is 5.00. The van der Waals surface area contributed by atoms with E-state index in [1.165, 1.54) is 4.31 Å². The normalized spacial score (nSPS) is 18.4. The molecule has 1 saturated heterocycles. The zero-order valence-electron chi connectivity index (χ0n) is 14.6. The van der Waals surface area contributed by atoms with Crippen LogP contribution in [0.2, 0.25) is 0 Å². The predicted octanol–water partition coefficient (Wildman–Crippen LogP) is 3.48. The van der Waals surface area contributed by atoms with E-state index < -0.39 is 16.1 Å². The predicted molar refractivity (Wildman–Crippen MR) is 99.0 cm³/mol. The van der Waals surface area contributed by atoms with Gasteiger partial charge in [-0.05, 0) is 32.3 Å². The van der Waals surface area contributed by atoms with Crippen molar-refractivity contribution in [2.24, 2.45) is 0 Å². The van der Waals surface area contributed by atoms with Gasteiger partial charge in [0.2, 0.25) is 10.0 Å². The van der Waals surface area contributed by atoms with Gasteiger partial charge in [-0.15, -0.1) is 0 Å². The molecule has 0 aromatic heterocycles. The van der Waals surface area contributed by atoms with Gasteiger partial charge in [-0.25, -0.2) is 8.42 Å². The van der Waals surface area contributed by atoms with E-state index in [2.05, 4.69) is 0 Å². The highest BCUT2D eigenvalue weighted by Crippen LogP contribution is 2.26. The molecule has 1 aliphatic heterocycles. The van der Waals surface area contributed by atoms with Crippen molar-refractivity contribution in [3.05, 3.63) is 70.8 Å². The Hall–Kier alpha value is -1.98. The molecule has 1 aliphatic rings. The topological polar surface area (TPSA) is 54.5 Å². The van der Waals surface area contributed by atoms with Gasteiger partial charge in [0.05, 0.1) is 11.8 Å². The van der Waals surface area contributed by atoms with Crippen LogP contribution in [0, 0.1) is 13.8 Å². The van der Waals surface area contributed by atoms with Crippen molar-refractivity contribution in [3.8, 4) is 0 Å². The molecule has 2 aromatic rings. The van der Waals surface area contributed by atoms with Crippen LogP contribution in [0.15, 0.2) is 48.5 Å². The van der Waals surface area contributed by atoms with Crippen LogP contribution in [0.4, 0.5) is 0 Å². The van der Waals surface area contributed by atoms with Gasteiger partial charge in [0.25, 0.3) is 0 Å². The molecule has 0 N–H and O–H groups in total. The van der Waals surface area contributed by atoms with E-state index in [0.717, 1.165) is 23.1 Å². The van der Waals surface area contributed by atoms with Crippen molar-refractivity contribution >= 4 is 15.8 Å². The number of sulfonamides is 1. The second kappa shape index (κ2) is 7.10. The number of hydrogen-bond donors (Lipinski definition) is 0. The minimum absolute atomic E-state index is 0.0645. The SMILES string of the molecule is Cc1ccc(CS(=O)(=O)N2CCCC2C(=O)c2ccc(C)cc2)cc1. The minimum atomic E-state index is -3.52. The maximum Gasteiger partial charge on any atom is 0.218 e. The molecule has 2 aromatic carbocycles. The molecule has 3 rings (SSSR count). The zero-order valence-corrected chi connectivity index (χ0v) is 15.4. The first-order valence-electron chi connectivity index (χ1n) is 8.53. The van der Waals surface area contributed by atoms with Crippen molar-refractivity contribution in [1.82, 2.24) is 4.31 Å². The number of carbonyl (C=O) groups is 1. The molecule has 0 amide bonds. The van der Waals surface area contributed by atoms with Crippen LogP contribution in [-0.4, -0.2) is 31.1 Å². The third-order valence-electron chi connectivity index (χ3n) is 4.67. The maximum atomic E-state index is 12.9. The number of hydrogen-bond acceptors (Lipinski definition) is 3. The molecule has 4 nitrogen and oxygen atoms in total. The summed E-state index contributed by atoms with van der Waals surface area (Å²) in [5.74, 6) is -0.171. The van der Waals surface area contributed by atoms with E-state index in [0.29, 0.717) is 18.5 Å². The minimum Gasteiger partial charge on any atom is -0.292 e. The quantitative estimate of drug-likeness (QED) is 0.770. The number of aryl methyl sites for hydroxylation is 2. The average Bonchev–Trinajstić information content (AvgIpc) is 3.07. The van der Waals surface area contributed by atoms with Crippen LogP contribution in [-0.2, 0) is 15.8 Å². The van der Waals surface area contributed by atoms with Gasteiger partial charge in [-0.3, -0.25) is 4.79 Å². The maximum absolute atomic E-state index is 12.9. The van der Waals surface area contributed by atoms with Crippen molar-refractivity contribution in [3.63, 3.8) is 0 Å². The molecular weight excluding hydrogens is 334 g/mol. The van der Waals surface area contributed by atoms with E-state index in [9.17, 15) is 13.2 Å². The van der Waals surface area contributed by atoms with E-state index in [1.807, 2.05) is 50.2 Å². The molecule has 1 atom stereocenters. The highest BCUT2D eigenvalue weighted by Gasteiger charge is 2.38. The third-order valence-corrected chi connectivity index (χ3v) is 6.52. The summed E-state index contributed by atoms with van der Waals surface area (Å²) in [5.41, 5.74) is 3.49. The summed E-state index contributed by atoms with van der Waals surface area (Å²) in [6.07, 6.45) is 1.30. The van der Waals surface area contributed by atoms with Gasteiger partial charge in [-0.1, -0.05) is 59.7 Å². The molecule has 0 radical (unpaired) electrons. The fourth-order valence-electron chi connectivity index (χ4n) is 3.22. The lowest BCUT2D eigenvalue weighted by Gasteiger charge is -2.23. The Balaban J connectivity index is 1.81. The van der Waals surface area contributed by atoms with E-state index >= 15 is 0 Å². The van der Waals surface area contributed by atoms with Crippen molar-refractivity contribution in [2.45, 2.75) is 38.5 Å². The van der Waals surface area contributed by atoms with Gasteiger partial charge in [0, 0.05) is 12.1 Å². The van der Waals surface area contributed by atoms with Crippen LogP contribution >= 0.6 is 0 Å². The fraction of sp³-hybridized carbons (Fsp3) is 0.350. The van der Waals surface area contributed by atoms with E-state index in [4.69, 9.17) is 0 Å². The number of carbonyl (C=O) groups excluding carboxylic acids is 1. The number of benzene rings is 2. The Morgan fingerprint density at radius 1 is 1.00 bits per heavy atom. The molecule has 25 heavy (non-hydrogen) atoms. The molecule has 1 heterocycles. The molecule has 0 spiro atoms. The Morgan fingerprint density at radius 3 is 2.16 bits per heavy atom. The molecule has 0 saturated carbocycles. The van der Waals surface area contributed by atoms with E-state index in [-0.39, 0.29) is 11.5 Å². The molecule has 0 bridgehead atoms. The highest BCUT2D eigenvalue weighted by atomic mass is 32.2. The monoisotopic (exact) mass is 357 g/mol. The number of rotatable bonds is 5. The summed E-state index contributed by atoms with van der Waals surface area (Å²) in [7, 11) is -3.52. The third kappa shape index (κ3) is 3.99. The van der Waals surface area contributed by atoms with Gasteiger partial charge < -0.3 is 0 Å². The summed E-state index contributed by atoms with van der Waals surface area (Å²) in [5, 5.41) is 0. The molecule has 5 heteroatoms. The Bertz CT molecular complexity index is 855. The van der Waals surface area contributed by atoms with Crippen LogP contribution < -0.4 is 0 Å². The summed E-state index contributed by atoms with van der Waals surface area (Å²) >= 11 is 0. The molecular formula is C20H23NO3S. The summed E-state index contributed by atoms with van der Waals surface area (Å²) in [6.45, 7) is 4.34. The second-order valence-electron chi connectivity index (χ2n) is 6.74. The molecule has 1 unspecified atom stereocenters. The van der Waals surface area contributed by atoms with Crippen LogP contribution in [0.25, 0.3) is 0 Å². The van der Waals surface area contributed by atoms with Crippen LogP contribution in [0.5, 0.6) is 0 Å². The summed E-state index contributed by atoms with van der Waals surface area (Å²) < 4.78 is 27.1. The summed E-state index contributed by atoms with van der Waals surface area (Å²) in [4.78, 5) is 12.8. The smallest absolute Gasteiger partial charge is 0.218 e. The average molecular weight is 357 g/mol. The largest absolute Gasteiger partial charge is 0.292 e. The standard InChI is InChI=1S/C20H23NO3S/c1-15-5-9-17(10-6-15)14-25(23,24)21-13-3-4-19(21)20(22)18-11-7-16(2)8-12-18/h5-12,19H,3-4,13-14H2,1-2H3. The van der Waals surface area contributed by atoms with Crippen molar-refractivity contribution in [2.75, 3.05) is 6.54 Å². The Morgan fingerprint density at radius 2 is 1.56 bits per heavy atom. The first kappa shape index (κ1) is 17.8. The second-order valence-corrected chi connectivity index (χ2v) is 8.66. The molecule has 0 aliphatic carbocycles. The van der Waals surface area contributed by atoms with Gasteiger partial charge in [0.1, 0.15) is 0 Å². The Labute approximate surface area is 149 Å². The van der Waals surface area contributed by atoms with Gasteiger partial charge in [-0.2, -0.15) is 4.31 Å². The van der Waals surface area contributed by atoms with Crippen molar-refractivity contribution in [1.29, 1.82) is 0 Å². The lowest BCUT2D eigenvalue weighted by atomic mass is 10.0. The number of nitrogens with zero attached hydrogens (tertiary/aromatic N) is 1. The van der Waals surface area contributed by atoms with Crippen molar-refractivity contribution < 1.29 is 13.2 Å². The van der Waals surface area contributed by atoms with E-state index in [1.54, 1.807) is 12.1 Å². The lowest BCUT2D eigenvalue weighted by molar-refractivity contribution is 0.0918. The Kier molecular flexibility index (Phi) is 5.06. The highest BCUT2D eigenvalue weighted by molar-refractivity contribution is 7.88. The lowest BCUT2D eigenvalue weighted by Crippen LogP contribution is -2.41. The number of Topliss-reactive ketones (excluding diaryl/α,β-unsaturated/α-hetero) is 1. The number of ketones is 1.